The van der Waals surface area contributed by atoms with Crippen LogP contribution in [0.5, 0.6) is 0 Å². The highest BCUT2D eigenvalue weighted by Crippen LogP contribution is 2.65. The van der Waals surface area contributed by atoms with Gasteiger partial charge in [0.2, 0.25) is 0 Å². The zero-order valence-electron chi connectivity index (χ0n) is 14.0. The fourth-order valence-corrected chi connectivity index (χ4v) is 3.86. The highest BCUT2D eigenvalue weighted by molar-refractivity contribution is 6.03. The van der Waals surface area contributed by atoms with Crippen LogP contribution in [0.2, 0.25) is 0 Å². The molecule has 3 atom stereocenters. The molecule has 2 N–H and O–H groups in total. The smallest absolute Gasteiger partial charge is 0.313 e. The summed E-state index contributed by atoms with van der Waals surface area (Å²) in [5, 5.41) is 12.5. The first-order valence-electron chi connectivity index (χ1n) is 7.97. The summed E-state index contributed by atoms with van der Waals surface area (Å²) in [6.45, 7) is 7.41. The van der Waals surface area contributed by atoms with E-state index in [1.165, 1.54) is 0 Å². The van der Waals surface area contributed by atoms with E-state index in [9.17, 15) is 14.7 Å². The minimum Gasteiger partial charge on any atom is -0.448 e. The van der Waals surface area contributed by atoms with Gasteiger partial charge in [0.05, 0.1) is 11.5 Å². The molecule has 2 fully saturated rings. The maximum atomic E-state index is 12.9. The van der Waals surface area contributed by atoms with E-state index >= 15 is 0 Å². The number of rotatable bonds is 3. The number of benzene rings is 1. The lowest BCUT2D eigenvalue weighted by Gasteiger charge is -2.35. The number of nitrogens with one attached hydrogen (secondary N) is 1. The van der Waals surface area contributed by atoms with Crippen molar-refractivity contribution in [2.45, 2.75) is 52.2 Å². The maximum Gasteiger partial charge on any atom is 0.313 e. The number of amides is 1. The first-order valence-corrected chi connectivity index (χ1v) is 7.97. The Labute approximate surface area is 136 Å². The summed E-state index contributed by atoms with van der Waals surface area (Å²) in [4.78, 5) is 25.2. The Hall–Kier alpha value is -1.88. The van der Waals surface area contributed by atoms with Crippen molar-refractivity contribution < 1.29 is 19.4 Å². The van der Waals surface area contributed by atoms with E-state index in [-0.39, 0.29) is 11.9 Å². The third kappa shape index (κ3) is 1.96. The van der Waals surface area contributed by atoms with Gasteiger partial charge < -0.3 is 15.2 Å². The van der Waals surface area contributed by atoms with E-state index in [1.807, 2.05) is 20.8 Å². The molecule has 0 spiro atoms. The van der Waals surface area contributed by atoms with E-state index < -0.39 is 22.5 Å². The van der Waals surface area contributed by atoms with E-state index in [0.29, 0.717) is 18.5 Å². The molecule has 1 saturated carbocycles. The fraction of sp³-hybridized carbons (Fsp3) is 0.556. The first kappa shape index (κ1) is 16.0. The molecule has 2 bridgehead atoms. The van der Waals surface area contributed by atoms with Crippen molar-refractivity contribution in [3.05, 3.63) is 29.8 Å². The van der Waals surface area contributed by atoms with Gasteiger partial charge in [-0.3, -0.25) is 9.59 Å². The molecule has 23 heavy (non-hydrogen) atoms. The summed E-state index contributed by atoms with van der Waals surface area (Å²) in [6, 6.07) is 7.07. The van der Waals surface area contributed by atoms with Gasteiger partial charge in [-0.2, -0.15) is 0 Å². The van der Waals surface area contributed by atoms with E-state index in [4.69, 9.17) is 4.74 Å². The lowest BCUT2D eigenvalue weighted by Crippen LogP contribution is -2.50. The Morgan fingerprint density at radius 1 is 1.30 bits per heavy atom. The average Bonchev–Trinajstić information content (AvgIpc) is 2.78. The molecule has 1 amide bonds. The minimum atomic E-state index is -1.13. The third-order valence-corrected chi connectivity index (χ3v) is 6.08. The number of carbonyl (C=O) groups is 2. The van der Waals surface area contributed by atoms with Gasteiger partial charge >= 0.3 is 5.97 Å². The normalized spacial score (nSPS) is 32.5. The van der Waals surface area contributed by atoms with Crippen molar-refractivity contribution in [2.24, 2.45) is 10.8 Å². The van der Waals surface area contributed by atoms with Crippen LogP contribution in [-0.2, 0) is 14.3 Å². The number of hydrogen-bond acceptors (Lipinski definition) is 4. The van der Waals surface area contributed by atoms with E-state index in [0.717, 1.165) is 5.56 Å². The summed E-state index contributed by atoms with van der Waals surface area (Å²) >= 11 is 0. The molecule has 1 aromatic carbocycles. The van der Waals surface area contributed by atoms with Gasteiger partial charge in [-0.05, 0) is 44.4 Å². The van der Waals surface area contributed by atoms with Gasteiger partial charge in [0.1, 0.15) is 0 Å². The highest BCUT2D eigenvalue weighted by atomic mass is 16.6. The average molecular weight is 317 g/mol. The Morgan fingerprint density at radius 2 is 2.00 bits per heavy atom. The summed E-state index contributed by atoms with van der Waals surface area (Å²) in [6.07, 6.45) is 0.574. The Kier molecular flexibility index (Phi) is 3.34. The third-order valence-electron chi connectivity index (χ3n) is 6.08. The molecule has 1 saturated heterocycles. The summed E-state index contributed by atoms with van der Waals surface area (Å²) in [5.74, 6) is -0.582. The van der Waals surface area contributed by atoms with Gasteiger partial charge in [0, 0.05) is 11.1 Å². The molecule has 3 rings (SSSR count). The van der Waals surface area contributed by atoms with Crippen molar-refractivity contribution in [2.75, 3.05) is 5.32 Å². The van der Waals surface area contributed by atoms with Gasteiger partial charge in [-0.25, -0.2) is 0 Å². The predicted octanol–water partition coefficient (Wildman–Crippen LogP) is 2.80. The molecular weight excluding hydrogens is 294 g/mol. The molecule has 1 aromatic rings. The van der Waals surface area contributed by atoms with Crippen LogP contribution in [0.4, 0.5) is 5.69 Å². The minimum absolute atomic E-state index is 0.290. The van der Waals surface area contributed by atoms with Crippen molar-refractivity contribution in [1.29, 1.82) is 0 Å². The van der Waals surface area contributed by atoms with Crippen molar-refractivity contribution >= 4 is 17.6 Å². The quantitative estimate of drug-likeness (QED) is 0.841. The number of fused-ring (bicyclic) bond motifs is 2. The van der Waals surface area contributed by atoms with E-state index in [2.05, 4.69) is 5.32 Å². The Balaban J connectivity index is 1.90. The van der Waals surface area contributed by atoms with Crippen LogP contribution in [0.25, 0.3) is 0 Å². The zero-order chi connectivity index (χ0) is 17.0. The zero-order valence-corrected chi connectivity index (χ0v) is 14.0. The van der Waals surface area contributed by atoms with Gasteiger partial charge in [-0.1, -0.05) is 26.0 Å². The van der Waals surface area contributed by atoms with Gasteiger partial charge in [0.15, 0.2) is 5.60 Å². The lowest BCUT2D eigenvalue weighted by molar-refractivity contribution is -0.165. The second-order valence-corrected chi connectivity index (χ2v) is 7.43. The number of ether oxygens (including phenoxy) is 1. The molecular formula is C18H23NO4. The SMILES string of the molecule is C[C@@H](O)c1cccc(NC(=O)[C@@]23CC[C@](C)(C(=O)O2)C3(C)C)c1. The number of carbonyl (C=O) groups excluding carboxylic acids is 2. The van der Waals surface area contributed by atoms with Crippen LogP contribution in [0.1, 0.15) is 52.2 Å². The molecule has 0 unspecified atom stereocenters. The van der Waals surface area contributed by atoms with Crippen LogP contribution in [0.15, 0.2) is 24.3 Å². The number of esters is 1. The molecule has 1 aliphatic heterocycles. The number of aliphatic hydroxyl groups excluding tert-OH is 1. The van der Waals surface area contributed by atoms with Crippen LogP contribution in [-0.4, -0.2) is 22.6 Å². The highest BCUT2D eigenvalue weighted by Gasteiger charge is 2.75. The molecule has 124 valence electrons. The van der Waals surface area contributed by atoms with Crippen molar-refractivity contribution in [1.82, 2.24) is 0 Å². The van der Waals surface area contributed by atoms with E-state index in [1.54, 1.807) is 31.2 Å². The molecule has 5 heteroatoms. The molecule has 1 aliphatic carbocycles. The Bertz CT molecular complexity index is 681. The number of hydrogen-bond donors (Lipinski definition) is 2. The summed E-state index contributed by atoms with van der Waals surface area (Å²) in [7, 11) is 0. The standard InChI is InChI=1S/C18H23NO4/c1-11(20)12-6-5-7-13(10-12)19-14(21)18-9-8-17(4,15(22)23-18)16(18,2)3/h5-7,10-11,20H,8-9H2,1-4H3,(H,19,21)/t11-,17-,18-/m1/s1. The van der Waals surface area contributed by atoms with Crippen molar-refractivity contribution in [3.63, 3.8) is 0 Å². The fourth-order valence-electron chi connectivity index (χ4n) is 3.86. The Morgan fingerprint density at radius 3 is 2.52 bits per heavy atom. The van der Waals surface area contributed by atoms with Crippen LogP contribution >= 0.6 is 0 Å². The monoisotopic (exact) mass is 317 g/mol. The van der Waals surface area contributed by atoms with Crippen LogP contribution < -0.4 is 5.32 Å². The van der Waals surface area contributed by atoms with Gasteiger partial charge in [-0.15, -0.1) is 0 Å². The molecule has 1 heterocycles. The maximum absolute atomic E-state index is 12.9. The van der Waals surface area contributed by atoms with Crippen LogP contribution in [0.3, 0.4) is 0 Å². The predicted molar refractivity (Wildman–Crippen MR) is 85.7 cm³/mol. The molecule has 0 aromatic heterocycles. The molecule has 5 nitrogen and oxygen atoms in total. The number of anilines is 1. The first-order chi connectivity index (χ1) is 10.6. The molecule has 2 aliphatic rings. The summed E-state index contributed by atoms with van der Waals surface area (Å²) < 4.78 is 5.58. The molecule has 0 radical (unpaired) electrons. The topological polar surface area (TPSA) is 75.6 Å². The summed E-state index contributed by atoms with van der Waals surface area (Å²) in [5.41, 5.74) is -0.997. The lowest BCUT2D eigenvalue weighted by atomic mass is 9.66. The largest absolute Gasteiger partial charge is 0.448 e. The number of aliphatic hydroxyl groups is 1. The second kappa shape index (κ2) is 4.81. The van der Waals surface area contributed by atoms with Crippen molar-refractivity contribution in [3.8, 4) is 0 Å². The second-order valence-electron chi connectivity index (χ2n) is 7.43. The van der Waals surface area contributed by atoms with Crippen LogP contribution in [0, 0.1) is 10.8 Å². The van der Waals surface area contributed by atoms with Gasteiger partial charge in [0.25, 0.3) is 5.91 Å².